The van der Waals surface area contributed by atoms with Gasteiger partial charge in [-0.15, -0.1) is 0 Å². The third kappa shape index (κ3) is 16.8. The number of nitrogens with one attached hydrogen (secondary N) is 6. The zero-order valence-electron chi connectivity index (χ0n) is 36.0. The molecule has 0 unspecified atom stereocenters. The fraction of sp³-hybridized carbons (Fsp3) is 0.545. The Hall–Kier alpha value is -6.04. The van der Waals surface area contributed by atoms with Gasteiger partial charge in [0.15, 0.2) is 0 Å². The zero-order valence-corrected chi connectivity index (χ0v) is 36.0. The van der Waals surface area contributed by atoms with Crippen LogP contribution in [-0.4, -0.2) is 114 Å². The summed E-state index contributed by atoms with van der Waals surface area (Å²) in [6.07, 6.45) is 2.76. The van der Waals surface area contributed by atoms with Crippen LogP contribution in [0.4, 0.5) is 4.79 Å². The van der Waals surface area contributed by atoms with Crippen LogP contribution in [0.3, 0.4) is 0 Å². The number of hydrogen-bond acceptors (Lipinski definition) is 9. The summed E-state index contributed by atoms with van der Waals surface area (Å²) in [6, 6.07) is 10.0. The highest BCUT2D eigenvalue weighted by Crippen LogP contribution is 2.16. The molecule has 7 atom stereocenters. The minimum atomic E-state index is -1.45. The number of urea groups is 1. The molecule has 1 aliphatic heterocycles. The van der Waals surface area contributed by atoms with Crippen LogP contribution in [-0.2, 0) is 46.4 Å². The Morgan fingerprint density at radius 2 is 1.48 bits per heavy atom. The minimum Gasteiger partial charge on any atom is -0.480 e. The molecule has 0 saturated carbocycles. The Bertz CT molecular complexity index is 1800. The molecule has 2 aromatic rings. The number of amides is 8. The van der Waals surface area contributed by atoms with E-state index in [1.165, 1.54) is 7.05 Å². The van der Waals surface area contributed by atoms with Crippen LogP contribution >= 0.6 is 0 Å². The number of unbranched alkanes of at least 4 members (excludes halogenated alkanes) is 1. The van der Waals surface area contributed by atoms with Gasteiger partial charge in [0.2, 0.25) is 35.4 Å². The monoisotopic (exact) mass is 863 g/mol. The molecule has 62 heavy (non-hydrogen) atoms. The van der Waals surface area contributed by atoms with Crippen molar-refractivity contribution in [1.82, 2.24) is 36.8 Å². The third-order valence-electron chi connectivity index (χ3n) is 11.0. The Balaban J connectivity index is 2.03. The predicted octanol–water partition coefficient (Wildman–Crippen LogP) is 1.01. The van der Waals surface area contributed by atoms with E-state index in [1.54, 1.807) is 37.3 Å². The van der Waals surface area contributed by atoms with Crippen LogP contribution in [0.2, 0.25) is 0 Å². The zero-order chi connectivity index (χ0) is 45.6. The van der Waals surface area contributed by atoms with Gasteiger partial charge in [-0.05, 0) is 81.4 Å². The lowest BCUT2D eigenvalue weighted by molar-refractivity contribution is -0.144. The summed E-state index contributed by atoms with van der Waals surface area (Å²) in [5.41, 5.74) is 12.9. The van der Waals surface area contributed by atoms with Crippen molar-refractivity contribution in [2.75, 3.05) is 20.1 Å². The van der Waals surface area contributed by atoms with Gasteiger partial charge in [0.05, 0.1) is 6.42 Å². The topological polar surface area (TPSA) is 284 Å². The van der Waals surface area contributed by atoms with Gasteiger partial charge in [0, 0.05) is 20.0 Å². The summed E-state index contributed by atoms with van der Waals surface area (Å²) in [4.78, 5) is 109. The van der Waals surface area contributed by atoms with Crippen LogP contribution in [0.1, 0.15) is 89.2 Å². The Labute approximate surface area is 363 Å². The molecule has 8 amide bonds. The molecule has 0 radical (unpaired) electrons. The molecule has 0 aromatic heterocycles. The summed E-state index contributed by atoms with van der Waals surface area (Å²) in [5, 5.41) is 25.9. The smallest absolute Gasteiger partial charge is 0.326 e. The highest BCUT2D eigenvalue weighted by molar-refractivity contribution is 5.98. The average molecular weight is 864 g/mol. The Morgan fingerprint density at radius 3 is 2.10 bits per heavy atom. The summed E-state index contributed by atoms with van der Waals surface area (Å²) in [7, 11) is 1.32. The second kappa shape index (κ2) is 26.3. The van der Waals surface area contributed by atoms with E-state index in [9.17, 15) is 43.5 Å². The van der Waals surface area contributed by atoms with Crippen LogP contribution < -0.4 is 43.4 Å². The summed E-state index contributed by atoms with van der Waals surface area (Å²) >= 11 is 0. The molecule has 0 aliphatic carbocycles. The van der Waals surface area contributed by atoms with Crippen molar-refractivity contribution in [3.63, 3.8) is 0 Å². The van der Waals surface area contributed by atoms with Crippen molar-refractivity contribution < 1.29 is 43.5 Å². The van der Waals surface area contributed by atoms with Gasteiger partial charge in [0.1, 0.15) is 36.3 Å². The number of carbonyl (C=O) groups excluding carboxylic acids is 7. The van der Waals surface area contributed by atoms with Crippen molar-refractivity contribution in [2.24, 2.45) is 17.4 Å². The van der Waals surface area contributed by atoms with Gasteiger partial charge < -0.3 is 53.4 Å². The first kappa shape index (κ1) is 50.3. The molecule has 1 heterocycles. The number of aryl methyl sites for hydroxylation is 1. The number of carboxylic acids is 1. The number of rotatable bonds is 17. The maximum absolute atomic E-state index is 14.5. The quantitative estimate of drug-likeness (QED) is 0.102. The number of hydrogen-bond donors (Lipinski definition) is 9. The number of benzene rings is 2. The third-order valence-corrected chi connectivity index (χ3v) is 11.0. The van der Waals surface area contributed by atoms with Gasteiger partial charge in [-0.3, -0.25) is 28.8 Å². The molecular formula is C44H65N9O9. The molecule has 1 saturated heterocycles. The van der Waals surface area contributed by atoms with E-state index in [4.69, 9.17) is 11.5 Å². The Morgan fingerprint density at radius 1 is 0.839 bits per heavy atom. The van der Waals surface area contributed by atoms with Crippen molar-refractivity contribution in [2.45, 2.75) is 127 Å². The van der Waals surface area contributed by atoms with Gasteiger partial charge in [-0.25, -0.2) is 9.59 Å². The predicted molar refractivity (Wildman–Crippen MR) is 232 cm³/mol. The fourth-order valence-electron chi connectivity index (χ4n) is 7.14. The molecule has 0 bridgehead atoms. The number of carbonyl (C=O) groups is 8. The highest BCUT2D eigenvalue weighted by atomic mass is 16.4. The van der Waals surface area contributed by atoms with E-state index in [0.29, 0.717) is 45.1 Å². The molecule has 18 nitrogen and oxygen atoms in total. The normalized spacial score (nSPS) is 22.0. The van der Waals surface area contributed by atoms with Gasteiger partial charge in [0.25, 0.3) is 0 Å². The first-order valence-electron chi connectivity index (χ1n) is 21.5. The van der Waals surface area contributed by atoms with E-state index in [2.05, 4.69) is 31.9 Å². The average Bonchev–Trinajstić information content (AvgIpc) is 3.25. The van der Waals surface area contributed by atoms with Gasteiger partial charge in [-0.1, -0.05) is 80.9 Å². The summed E-state index contributed by atoms with van der Waals surface area (Å²) in [5.74, 6) is -6.07. The van der Waals surface area contributed by atoms with E-state index >= 15 is 0 Å². The summed E-state index contributed by atoms with van der Waals surface area (Å²) in [6.45, 7) is 4.02. The molecule has 11 N–H and O–H groups in total. The second-order valence-electron chi connectivity index (χ2n) is 15.8. The molecule has 18 heteroatoms. The first-order chi connectivity index (χ1) is 29.6. The van der Waals surface area contributed by atoms with E-state index in [-0.39, 0.29) is 38.6 Å². The lowest BCUT2D eigenvalue weighted by atomic mass is 9.96. The highest BCUT2D eigenvalue weighted by Gasteiger charge is 2.37. The van der Waals surface area contributed by atoms with Crippen LogP contribution in [0, 0.1) is 5.92 Å². The van der Waals surface area contributed by atoms with Gasteiger partial charge >= 0.3 is 12.0 Å². The minimum absolute atomic E-state index is 0.0409. The lowest BCUT2D eigenvalue weighted by Crippen LogP contribution is -2.61. The Kier molecular flexibility index (Phi) is 21.4. The first-order valence-corrected chi connectivity index (χ1v) is 21.5. The SMILES string of the molecule is CC[C@H](C)[C@@H]1NC(=O)[C@H](NC(=O)N[C@@H](CCCCN)C(=O)O)CCCCNC(=O)[C@H](Cc2ccccc2)NC(=O)[C@H](CC(N)=O)N(C)C(=O)[C@H](CCCc2ccccc2)NC1=O. The standard InChI is InChI=1S/C44H65N9O9/c1-4-28(2)37-41(58)48-32(23-15-20-29-16-7-5-8-17-29)42(59)53(3)35(27-36(46)54)40(57)49-34(26-30-18-9-6-10-19-30)38(55)47-25-14-12-21-31(39(56)52-37)50-44(62)51-33(43(60)61)22-11-13-24-45/h5-10,16-19,28,31-35,37H,4,11-15,20-27,45H2,1-3H3,(H2,46,54)(H,47,55)(H,48,58)(H,49,57)(H,52,56)(H,60,61)(H2,50,51,62)/t28-,31+,32-,33-,34-,35-,37-/m0/s1. The van der Waals surface area contributed by atoms with Crippen LogP contribution in [0.5, 0.6) is 0 Å². The number of aliphatic carboxylic acids is 1. The molecule has 2 aromatic carbocycles. The number of likely N-dealkylation sites (N-methyl/N-ethyl adjacent to an activating group) is 1. The van der Waals surface area contributed by atoms with Crippen molar-refractivity contribution in [3.05, 3.63) is 71.8 Å². The van der Waals surface area contributed by atoms with Gasteiger partial charge in [-0.2, -0.15) is 0 Å². The molecule has 3 rings (SSSR count). The maximum atomic E-state index is 14.5. The number of carboxylic acid groups (broad SMARTS) is 1. The number of primary amides is 1. The van der Waals surface area contributed by atoms with Crippen molar-refractivity contribution >= 4 is 47.4 Å². The van der Waals surface area contributed by atoms with E-state index in [1.807, 2.05) is 37.3 Å². The number of nitrogens with zero attached hydrogens (tertiary/aromatic N) is 1. The van der Waals surface area contributed by atoms with Crippen LogP contribution in [0.15, 0.2) is 60.7 Å². The molecule has 0 spiro atoms. The fourth-order valence-corrected chi connectivity index (χ4v) is 7.14. The van der Waals surface area contributed by atoms with E-state index < -0.39 is 96.0 Å². The number of nitrogens with two attached hydrogens (primary N) is 2. The molecule has 340 valence electrons. The molecule has 1 fully saturated rings. The van der Waals surface area contributed by atoms with E-state index in [0.717, 1.165) is 16.0 Å². The maximum Gasteiger partial charge on any atom is 0.326 e. The largest absolute Gasteiger partial charge is 0.480 e. The second-order valence-corrected chi connectivity index (χ2v) is 15.8. The lowest BCUT2D eigenvalue weighted by Gasteiger charge is -2.33. The molecule has 1 aliphatic rings. The summed E-state index contributed by atoms with van der Waals surface area (Å²) < 4.78 is 0. The van der Waals surface area contributed by atoms with Crippen molar-refractivity contribution in [3.8, 4) is 0 Å². The van der Waals surface area contributed by atoms with Crippen molar-refractivity contribution in [1.29, 1.82) is 0 Å². The molecular weight excluding hydrogens is 799 g/mol. The van der Waals surface area contributed by atoms with Crippen LogP contribution in [0.25, 0.3) is 0 Å².